The molecule has 2 rings (SSSR count). The standard InChI is InChI=1S/C9H11NO2S/c11-8(12)4-9(2-1-3-9)7-5-10-6-13-7/h5-6H,1-4H2,(H,11,12). The number of carbonyl (C=O) groups is 1. The summed E-state index contributed by atoms with van der Waals surface area (Å²) >= 11 is 1.57. The molecule has 1 heterocycles. The SMILES string of the molecule is O=C(O)CC1(c2cncs2)CCC1. The van der Waals surface area contributed by atoms with Crippen molar-refractivity contribution < 1.29 is 9.90 Å². The molecule has 0 bridgehead atoms. The highest BCUT2D eigenvalue weighted by atomic mass is 32.1. The fraction of sp³-hybridized carbons (Fsp3) is 0.556. The number of thiazole rings is 1. The van der Waals surface area contributed by atoms with Crippen LogP contribution in [-0.2, 0) is 10.2 Å². The lowest BCUT2D eigenvalue weighted by Crippen LogP contribution is -2.35. The first-order valence-electron chi connectivity index (χ1n) is 4.34. The lowest BCUT2D eigenvalue weighted by Gasteiger charge is -2.39. The minimum absolute atomic E-state index is 0.0764. The predicted octanol–water partition coefficient (Wildman–Crippen LogP) is 2.04. The monoisotopic (exact) mass is 197 g/mol. The van der Waals surface area contributed by atoms with E-state index >= 15 is 0 Å². The molecule has 0 atom stereocenters. The Labute approximate surface area is 80.4 Å². The molecule has 0 aliphatic heterocycles. The highest BCUT2D eigenvalue weighted by Gasteiger charge is 2.41. The molecule has 70 valence electrons. The first-order valence-corrected chi connectivity index (χ1v) is 5.22. The lowest BCUT2D eigenvalue weighted by atomic mass is 9.66. The Morgan fingerprint density at radius 2 is 2.46 bits per heavy atom. The lowest BCUT2D eigenvalue weighted by molar-refractivity contribution is -0.139. The highest BCUT2D eigenvalue weighted by molar-refractivity contribution is 7.09. The first-order chi connectivity index (χ1) is 6.23. The zero-order valence-corrected chi connectivity index (χ0v) is 8.01. The van der Waals surface area contributed by atoms with Crippen molar-refractivity contribution in [2.24, 2.45) is 0 Å². The Bertz CT molecular complexity index is 303. The minimum Gasteiger partial charge on any atom is -0.481 e. The van der Waals surface area contributed by atoms with E-state index in [-0.39, 0.29) is 11.8 Å². The Balaban J connectivity index is 2.20. The smallest absolute Gasteiger partial charge is 0.304 e. The number of carboxylic acids is 1. The van der Waals surface area contributed by atoms with Gasteiger partial charge in [0.2, 0.25) is 0 Å². The molecule has 0 saturated heterocycles. The van der Waals surface area contributed by atoms with Crippen molar-refractivity contribution in [3.63, 3.8) is 0 Å². The van der Waals surface area contributed by atoms with Crippen LogP contribution >= 0.6 is 11.3 Å². The Morgan fingerprint density at radius 1 is 1.69 bits per heavy atom. The van der Waals surface area contributed by atoms with Crippen LogP contribution in [0.15, 0.2) is 11.7 Å². The van der Waals surface area contributed by atoms with Crippen molar-refractivity contribution in [1.82, 2.24) is 4.98 Å². The van der Waals surface area contributed by atoms with Crippen molar-refractivity contribution >= 4 is 17.3 Å². The van der Waals surface area contributed by atoms with Gasteiger partial charge in [-0.15, -0.1) is 11.3 Å². The van der Waals surface area contributed by atoms with E-state index in [1.54, 1.807) is 16.8 Å². The average Bonchev–Trinajstić information content (AvgIpc) is 2.48. The summed E-state index contributed by atoms with van der Waals surface area (Å²) in [7, 11) is 0. The van der Waals surface area contributed by atoms with E-state index in [0.29, 0.717) is 0 Å². The van der Waals surface area contributed by atoms with E-state index in [2.05, 4.69) is 4.98 Å². The average molecular weight is 197 g/mol. The normalized spacial score (nSPS) is 19.4. The van der Waals surface area contributed by atoms with E-state index < -0.39 is 5.97 Å². The number of aliphatic carboxylic acids is 1. The molecule has 0 aromatic carbocycles. The molecule has 1 fully saturated rings. The van der Waals surface area contributed by atoms with Gasteiger partial charge in [0.1, 0.15) is 0 Å². The third-order valence-electron chi connectivity index (χ3n) is 2.76. The molecule has 0 radical (unpaired) electrons. The van der Waals surface area contributed by atoms with Crippen LogP contribution in [0.2, 0.25) is 0 Å². The maximum Gasteiger partial charge on any atom is 0.304 e. The van der Waals surface area contributed by atoms with E-state index in [4.69, 9.17) is 5.11 Å². The fourth-order valence-electron chi connectivity index (χ4n) is 1.88. The predicted molar refractivity (Wildman–Crippen MR) is 49.9 cm³/mol. The molecular formula is C9H11NO2S. The summed E-state index contributed by atoms with van der Waals surface area (Å²) < 4.78 is 0. The van der Waals surface area contributed by atoms with Gasteiger partial charge >= 0.3 is 5.97 Å². The van der Waals surface area contributed by atoms with Crippen LogP contribution in [0.25, 0.3) is 0 Å². The zero-order valence-electron chi connectivity index (χ0n) is 7.19. The second-order valence-corrected chi connectivity index (χ2v) is 4.46. The van der Waals surface area contributed by atoms with E-state index in [1.165, 1.54) is 0 Å². The number of carboxylic acid groups (broad SMARTS) is 1. The van der Waals surface area contributed by atoms with Crippen LogP contribution in [0.4, 0.5) is 0 Å². The van der Waals surface area contributed by atoms with Gasteiger partial charge in [-0.2, -0.15) is 0 Å². The van der Waals surface area contributed by atoms with Crippen LogP contribution in [0.5, 0.6) is 0 Å². The topological polar surface area (TPSA) is 50.2 Å². The molecule has 0 spiro atoms. The van der Waals surface area contributed by atoms with Crippen LogP contribution in [0.1, 0.15) is 30.6 Å². The molecule has 0 unspecified atom stereocenters. The molecule has 4 heteroatoms. The molecule has 13 heavy (non-hydrogen) atoms. The molecule has 1 aromatic heterocycles. The van der Waals surface area contributed by atoms with Crippen LogP contribution in [0, 0.1) is 0 Å². The van der Waals surface area contributed by atoms with Gasteiger partial charge in [0, 0.05) is 16.5 Å². The van der Waals surface area contributed by atoms with Gasteiger partial charge in [0.25, 0.3) is 0 Å². The van der Waals surface area contributed by atoms with Gasteiger partial charge < -0.3 is 5.11 Å². The third-order valence-corrected chi connectivity index (χ3v) is 3.77. The molecule has 0 amide bonds. The van der Waals surface area contributed by atoms with Gasteiger partial charge in [0.15, 0.2) is 0 Å². The maximum absolute atomic E-state index is 10.7. The molecule has 1 saturated carbocycles. The van der Waals surface area contributed by atoms with Gasteiger partial charge in [-0.25, -0.2) is 0 Å². The van der Waals surface area contributed by atoms with E-state index in [9.17, 15) is 4.79 Å². The highest BCUT2D eigenvalue weighted by Crippen LogP contribution is 2.47. The number of nitrogens with zero attached hydrogens (tertiary/aromatic N) is 1. The van der Waals surface area contributed by atoms with Crippen molar-refractivity contribution in [2.45, 2.75) is 31.1 Å². The van der Waals surface area contributed by atoms with Crippen molar-refractivity contribution in [3.05, 3.63) is 16.6 Å². The van der Waals surface area contributed by atoms with Crippen molar-refractivity contribution in [1.29, 1.82) is 0 Å². The molecule has 1 aliphatic carbocycles. The summed E-state index contributed by atoms with van der Waals surface area (Å²) in [6.07, 6.45) is 5.22. The van der Waals surface area contributed by atoms with Gasteiger partial charge in [-0.05, 0) is 12.8 Å². The zero-order chi connectivity index (χ0) is 9.31. The summed E-state index contributed by atoms with van der Waals surface area (Å²) in [4.78, 5) is 15.8. The Kier molecular flexibility index (Phi) is 2.07. The molecule has 3 nitrogen and oxygen atoms in total. The first kappa shape index (κ1) is 8.69. The van der Waals surface area contributed by atoms with Gasteiger partial charge in [0.05, 0.1) is 11.9 Å². The Morgan fingerprint density at radius 3 is 2.85 bits per heavy atom. The number of aromatic nitrogens is 1. The van der Waals surface area contributed by atoms with E-state index in [1.807, 2.05) is 6.20 Å². The largest absolute Gasteiger partial charge is 0.481 e. The third kappa shape index (κ3) is 1.46. The summed E-state index contributed by atoms with van der Waals surface area (Å²) in [6.45, 7) is 0. The number of hydrogen-bond donors (Lipinski definition) is 1. The van der Waals surface area contributed by atoms with Crippen LogP contribution in [0.3, 0.4) is 0 Å². The Hall–Kier alpha value is -0.900. The number of rotatable bonds is 3. The summed E-state index contributed by atoms with van der Waals surface area (Å²) in [5, 5.41) is 8.80. The van der Waals surface area contributed by atoms with Crippen LogP contribution in [-0.4, -0.2) is 16.1 Å². The molecule has 1 aliphatic rings. The molecular weight excluding hydrogens is 186 g/mol. The minimum atomic E-state index is -0.701. The second kappa shape index (κ2) is 3.10. The second-order valence-electron chi connectivity index (χ2n) is 3.57. The van der Waals surface area contributed by atoms with Gasteiger partial charge in [-0.1, -0.05) is 6.42 Å². The quantitative estimate of drug-likeness (QED) is 0.806. The van der Waals surface area contributed by atoms with Crippen molar-refractivity contribution in [3.8, 4) is 0 Å². The summed E-state index contributed by atoms with van der Waals surface area (Å²) in [5.74, 6) is -0.701. The summed E-state index contributed by atoms with van der Waals surface area (Å²) in [6, 6.07) is 0. The molecule has 1 aromatic rings. The van der Waals surface area contributed by atoms with E-state index in [0.717, 1.165) is 24.1 Å². The van der Waals surface area contributed by atoms with Gasteiger partial charge in [-0.3, -0.25) is 9.78 Å². The fourth-order valence-corrected chi connectivity index (χ4v) is 2.76. The molecule has 1 N–H and O–H groups in total. The van der Waals surface area contributed by atoms with Crippen molar-refractivity contribution in [2.75, 3.05) is 0 Å². The maximum atomic E-state index is 10.7. The summed E-state index contributed by atoms with van der Waals surface area (Å²) in [5.41, 5.74) is 1.70. The number of hydrogen-bond acceptors (Lipinski definition) is 3. The van der Waals surface area contributed by atoms with Crippen LogP contribution < -0.4 is 0 Å².